The van der Waals surface area contributed by atoms with E-state index in [-0.39, 0.29) is 23.9 Å². The van der Waals surface area contributed by atoms with Gasteiger partial charge in [-0.25, -0.2) is 0 Å². The molecule has 2 rings (SSSR count). The van der Waals surface area contributed by atoms with Gasteiger partial charge in [-0.05, 0) is 25.8 Å². The third-order valence-corrected chi connectivity index (χ3v) is 3.76. The molecule has 18 heavy (non-hydrogen) atoms. The lowest BCUT2D eigenvalue weighted by atomic mass is 10.2. The topological polar surface area (TPSA) is 49.4 Å². The van der Waals surface area contributed by atoms with E-state index >= 15 is 0 Å². The molecule has 2 aliphatic rings. The van der Waals surface area contributed by atoms with E-state index in [0.29, 0.717) is 19.4 Å². The molecule has 0 spiro atoms. The summed E-state index contributed by atoms with van der Waals surface area (Å²) in [4.78, 5) is 25.6. The number of terminal acetylenes is 1. The number of nitrogens with one attached hydrogen (secondary N) is 1. The Morgan fingerprint density at radius 3 is 2.72 bits per heavy atom. The predicted molar refractivity (Wildman–Crippen MR) is 68.6 cm³/mol. The first-order valence-electron chi connectivity index (χ1n) is 6.77. The molecule has 1 N–H and O–H groups in total. The Labute approximate surface area is 108 Å². The minimum atomic E-state index is -0.323. The lowest BCUT2D eigenvalue weighted by Gasteiger charge is -2.22. The van der Waals surface area contributed by atoms with Crippen LogP contribution >= 0.6 is 0 Å². The fourth-order valence-electron chi connectivity index (χ4n) is 2.82. The molecule has 1 atom stereocenters. The first kappa shape index (κ1) is 13.1. The van der Waals surface area contributed by atoms with Crippen molar-refractivity contribution < 1.29 is 9.59 Å². The van der Waals surface area contributed by atoms with Crippen LogP contribution in [0.25, 0.3) is 0 Å². The van der Waals surface area contributed by atoms with Crippen molar-refractivity contribution in [3.63, 3.8) is 0 Å². The molecule has 4 nitrogen and oxygen atoms in total. The number of rotatable bonds is 5. The molecule has 1 heterocycles. The van der Waals surface area contributed by atoms with Crippen LogP contribution in [0.3, 0.4) is 0 Å². The summed E-state index contributed by atoms with van der Waals surface area (Å²) in [5.74, 6) is 2.52. The number of carbonyl (C=O) groups is 2. The normalized spacial score (nSPS) is 24.8. The first-order chi connectivity index (χ1) is 8.74. The van der Waals surface area contributed by atoms with E-state index in [1.807, 2.05) is 0 Å². The highest BCUT2D eigenvalue weighted by molar-refractivity contribution is 6.05. The molecule has 1 unspecified atom stereocenters. The molecule has 0 aromatic heterocycles. The van der Waals surface area contributed by atoms with Gasteiger partial charge in [0, 0.05) is 12.5 Å². The summed E-state index contributed by atoms with van der Waals surface area (Å²) < 4.78 is 0. The number of amides is 2. The Balaban J connectivity index is 1.86. The second-order valence-electron chi connectivity index (χ2n) is 5.06. The second kappa shape index (κ2) is 6.01. The van der Waals surface area contributed by atoms with Crippen LogP contribution in [-0.4, -0.2) is 35.3 Å². The van der Waals surface area contributed by atoms with Crippen LogP contribution < -0.4 is 5.32 Å². The number of hydrogen-bond donors (Lipinski definition) is 1. The maximum atomic E-state index is 12.2. The van der Waals surface area contributed by atoms with E-state index in [4.69, 9.17) is 6.42 Å². The third kappa shape index (κ3) is 2.73. The van der Waals surface area contributed by atoms with Gasteiger partial charge in [-0.1, -0.05) is 12.8 Å². The molecule has 98 valence electrons. The van der Waals surface area contributed by atoms with Crippen LogP contribution in [-0.2, 0) is 9.59 Å². The van der Waals surface area contributed by atoms with E-state index in [0.717, 1.165) is 32.1 Å². The molecule has 1 aliphatic heterocycles. The van der Waals surface area contributed by atoms with Crippen LogP contribution in [0, 0.1) is 12.3 Å². The van der Waals surface area contributed by atoms with Gasteiger partial charge in [-0.2, -0.15) is 0 Å². The maximum absolute atomic E-state index is 12.2. The van der Waals surface area contributed by atoms with E-state index in [1.165, 1.54) is 4.90 Å². The highest BCUT2D eigenvalue weighted by atomic mass is 16.2. The van der Waals surface area contributed by atoms with Crippen molar-refractivity contribution in [1.29, 1.82) is 0 Å². The van der Waals surface area contributed by atoms with Gasteiger partial charge < -0.3 is 5.32 Å². The predicted octanol–water partition coefficient (Wildman–Crippen LogP) is 1.06. The molecule has 2 fully saturated rings. The molecule has 1 aliphatic carbocycles. The molecule has 0 radical (unpaired) electrons. The molecule has 4 heteroatoms. The van der Waals surface area contributed by atoms with Gasteiger partial charge in [0.2, 0.25) is 11.8 Å². The summed E-state index contributed by atoms with van der Waals surface area (Å²) in [6, 6.07) is -0.168. The van der Waals surface area contributed by atoms with E-state index in [2.05, 4.69) is 11.2 Å². The monoisotopic (exact) mass is 248 g/mol. The Morgan fingerprint density at radius 1 is 1.33 bits per heavy atom. The van der Waals surface area contributed by atoms with E-state index in [9.17, 15) is 9.59 Å². The number of nitrogens with zero attached hydrogens (tertiary/aromatic N) is 1. The molecule has 1 saturated carbocycles. The summed E-state index contributed by atoms with van der Waals surface area (Å²) in [5, 5.41) is 3.14. The number of hydrogen-bond acceptors (Lipinski definition) is 3. The lowest BCUT2D eigenvalue weighted by Crippen LogP contribution is -2.43. The van der Waals surface area contributed by atoms with Crippen molar-refractivity contribution in [3.05, 3.63) is 0 Å². The zero-order chi connectivity index (χ0) is 13.0. The summed E-state index contributed by atoms with van der Waals surface area (Å²) >= 11 is 0. The Hall–Kier alpha value is -1.34. The van der Waals surface area contributed by atoms with Crippen LogP contribution in [0.15, 0.2) is 0 Å². The molecule has 2 amide bonds. The summed E-state index contributed by atoms with van der Waals surface area (Å²) in [6.07, 6.45) is 11.2. The lowest BCUT2D eigenvalue weighted by molar-refractivity contribution is -0.141. The quantitative estimate of drug-likeness (QED) is 0.449. The minimum absolute atomic E-state index is 0.0126. The van der Waals surface area contributed by atoms with Crippen molar-refractivity contribution >= 4 is 11.8 Å². The van der Waals surface area contributed by atoms with Crippen molar-refractivity contribution in [1.82, 2.24) is 10.2 Å². The fourth-order valence-corrected chi connectivity index (χ4v) is 2.82. The van der Waals surface area contributed by atoms with Gasteiger partial charge in [0.1, 0.15) is 0 Å². The summed E-state index contributed by atoms with van der Waals surface area (Å²) in [7, 11) is 0. The molecule has 1 saturated heterocycles. The first-order valence-corrected chi connectivity index (χ1v) is 6.77. The highest BCUT2D eigenvalue weighted by Crippen LogP contribution is 2.28. The fraction of sp³-hybridized carbons (Fsp3) is 0.714. The van der Waals surface area contributed by atoms with E-state index < -0.39 is 0 Å². The molecular formula is C14H20N2O2. The number of imide groups is 1. The summed E-state index contributed by atoms with van der Waals surface area (Å²) in [6.45, 7) is 0.701. The largest absolute Gasteiger partial charge is 0.305 e. The van der Waals surface area contributed by atoms with Crippen molar-refractivity contribution in [2.45, 2.75) is 57.0 Å². The molecule has 0 aromatic carbocycles. The zero-order valence-electron chi connectivity index (χ0n) is 10.7. The van der Waals surface area contributed by atoms with Crippen LogP contribution in [0.1, 0.15) is 44.9 Å². The Kier molecular flexibility index (Phi) is 4.38. The standard InChI is InChI=1S/C14H20N2O2/c1-2-3-6-9-15-12-10-13(17)16(14(12)18)11-7-4-5-8-11/h1,11-12,15H,3-10H2. The Morgan fingerprint density at radius 2 is 2.06 bits per heavy atom. The van der Waals surface area contributed by atoms with Gasteiger partial charge in [0.15, 0.2) is 0 Å². The van der Waals surface area contributed by atoms with Gasteiger partial charge in [-0.15, -0.1) is 12.3 Å². The number of likely N-dealkylation sites (tertiary alicyclic amines) is 1. The number of carbonyl (C=O) groups excluding carboxylic acids is 2. The van der Waals surface area contributed by atoms with Gasteiger partial charge in [0.05, 0.1) is 12.5 Å². The zero-order valence-corrected chi connectivity index (χ0v) is 10.7. The van der Waals surface area contributed by atoms with Crippen molar-refractivity contribution in [2.75, 3.05) is 6.54 Å². The second-order valence-corrected chi connectivity index (χ2v) is 5.06. The Bertz CT molecular complexity index is 366. The third-order valence-electron chi connectivity index (χ3n) is 3.76. The van der Waals surface area contributed by atoms with Crippen molar-refractivity contribution in [3.8, 4) is 12.3 Å². The summed E-state index contributed by atoms with van der Waals surface area (Å²) in [5.41, 5.74) is 0. The highest BCUT2D eigenvalue weighted by Gasteiger charge is 2.42. The molecular weight excluding hydrogens is 228 g/mol. The molecule has 0 aromatic rings. The van der Waals surface area contributed by atoms with Gasteiger partial charge in [0.25, 0.3) is 0 Å². The average Bonchev–Trinajstić information content (AvgIpc) is 2.94. The molecule has 0 bridgehead atoms. The average molecular weight is 248 g/mol. The van der Waals surface area contributed by atoms with Gasteiger partial charge in [-0.3, -0.25) is 14.5 Å². The maximum Gasteiger partial charge on any atom is 0.247 e. The van der Waals surface area contributed by atoms with Crippen LogP contribution in [0.4, 0.5) is 0 Å². The van der Waals surface area contributed by atoms with Crippen LogP contribution in [0.2, 0.25) is 0 Å². The SMILES string of the molecule is C#CCCCNC1CC(=O)N(C2CCCC2)C1=O. The van der Waals surface area contributed by atoms with E-state index in [1.54, 1.807) is 0 Å². The van der Waals surface area contributed by atoms with Crippen LogP contribution in [0.5, 0.6) is 0 Å². The van der Waals surface area contributed by atoms with Gasteiger partial charge >= 0.3 is 0 Å². The minimum Gasteiger partial charge on any atom is -0.305 e. The smallest absolute Gasteiger partial charge is 0.247 e. The number of unbranched alkanes of at least 4 members (excludes halogenated alkanes) is 1. The van der Waals surface area contributed by atoms with Crippen molar-refractivity contribution in [2.24, 2.45) is 0 Å².